The lowest BCUT2D eigenvalue weighted by Crippen LogP contribution is -2.63. The SMILES string of the molecule is CC(C)(C)C(=O)OC[C@H]1O[C@H](OC(=O)C(C)(C)C)[C@@H](OC(=O)C(C)(C)C)[C@@H](O)[C@@H]1OC(=O)C(C)(C)C. The number of aliphatic hydroxyl groups excluding tert-OH is 1. The van der Waals surface area contributed by atoms with E-state index in [2.05, 4.69) is 0 Å². The van der Waals surface area contributed by atoms with Crippen LogP contribution in [0.5, 0.6) is 0 Å². The second kappa shape index (κ2) is 11.0. The molecule has 1 fully saturated rings. The molecule has 0 aromatic carbocycles. The van der Waals surface area contributed by atoms with E-state index in [4.69, 9.17) is 23.7 Å². The van der Waals surface area contributed by atoms with Gasteiger partial charge < -0.3 is 28.8 Å². The van der Waals surface area contributed by atoms with Crippen LogP contribution in [0.3, 0.4) is 0 Å². The minimum atomic E-state index is -1.65. The highest BCUT2D eigenvalue weighted by atomic mass is 16.7. The Morgan fingerprint density at radius 3 is 1.36 bits per heavy atom. The lowest BCUT2D eigenvalue weighted by molar-refractivity contribution is -0.303. The summed E-state index contributed by atoms with van der Waals surface area (Å²) in [6.07, 6.45) is -7.28. The summed E-state index contributed by atoms with van der Waals surface area (Å²) in [5.74, 6) is -2.57. The molecule has 0 amide bonds. The molecule has 0 radical (unpaired) electrons. The van der Waals surface area contributed by atoms with E-state index in [1.54, 1.807) is 83.1 Å². The second-order valence-corrected chi connectivity index (χ2v) is 13.3. The van der Waals surface area contributed by atoms with Crippen LogP contribution >= 0.6 is 0 Å². The largest absolute Gasteiger partial charge is 0.462 e. The van der Waals surface area contributed by atoms with Crippen LogP contribution < -0.4 is 0 Å². The molecule has 0 spiro atoms. The van der Waals surface area contributed by atoms with Gasteiger partial charge in [0.2, 0.25) is 6.29 Å². The van der Waals surface area contributed by atoms with Crippen molar-refractivity contribution in [3.63, 3.8) is 0 Å². The highest BCUT2D eigenvalue weighted by Crippen LogP contribution is 2.32. The number of hydrogen-bond donors (Lipinski definition) is 1. The van der Waals surface area contributed by atoms with Crippen LogP contribution in [0.15, 0.2) is 0 Å². The van der Waals surface area contributed by atoms with E-state index in [-0.39, 0.29) is 0 Å². The molecule has 1 saturated heterocycles. The normalized spacial score (nSPS) is 25.5. The fourth-order valence-corrected chi connectivity index (χ4v) is 2.65. The number of esters is 4. The number of hydrogen-bond acceptors (Lipinski definition) is 10. The summed E-state index contributed by atoms with van der Waals surface area (Å²) in [5, 5.41) is 11.3. The first-order chi connectivity index (χ1) is 16.0. The third-order valence-corrected chi connectivity index (χ3v) is 5.15. The summed E-state index contributed by atoms with van der Waals surface area (Å²) >= 11 is 0. The van der Waals surface area contributed by atoms with E-state index >= 15 is 0 Å². The summed E-state index contributed by atoms with van der Waals surface area (Å²) < 4.78 is 27.9. The Balaban J connectivity index is 3.41. The Morgan fingerprint density at radius 1 is 0.611 bits per heavy atom. The third kappa shape index (κ3) is 8.73. The lowest BCUT2D eigenvalue weighted by atomic mass is 9.93. The predicted octanol–water partition coefficient (Wildman–Crippen LogP) is 3.17. The molecule has 36 heavy (non-hydrogen) atoms. The lowest BCUT2D eigenvalue weighted by Gasteiger charge is -2.44. The second-order valence-electron chi connectivity index (χ2n) is 13.3. The summed E-state index contributed by atoms with van der Waals surface area (Å²) in [7, 11) is 0. The van der Waals surface area contributed by atoms with Crippen LogP contribution in [0, 0.1) is 21.7 Å². The summed E-state index contributed by atoms with van der Waals surface area (Å²) in [4.78, 5) is 50.5. The van der Waals surface area contributed by atoms with Gasteiger partial charge in [0.15, 0.2) is 12.2 Å². The molecular formula is C26H44O10. The van der Waals surface area contributed by atoms with E-state index in [0.717, 1.165) is 0 Å². The van der Waals surface area contributed by atoms with Crippen molar-refractivity contribution >= 4 is 23.9 Å². The molecule has 5 atom stereocenters. The highest BCUT2D eigenvalue weighted by molar-refractivity contribution is 5.77. The molecule has 0 unspecified atom stereocenters. The molecule has 10 nitrogen and oxygen atoms in total. The van der Waals surface area contributed by atoms with Gasteiger partial charge in [-0.25, -0.2) is 0 Å². The Bertz CT molecular complexity index is 818. The maximum absolute atomic E-state index is 12.7. The molecule has 0 bridgehead atoms. The van der Waals surface area contributed by atoms with Gasteiger partial charge in [0, 0.05) is 0 Å². The number of carbonyl (C=O) groups is 4. The van der Waals surface area contributed by atoms with Gasteiger partial charge in [-0.2, -0.15) is 0 Å². The first-order valence-electron chi connectivity index (χ1n) is 12.1. The van der Waals surface area contributed by atoms with E-state index < -0.39 is 82.8 Å². The Labute approximate surface area is 214 Å². The fourth-order valence-electron chi connectivity index (χ4n) is 2.65. The Morgan fingerprint density at radius 2 is 0.972 bits per heavy atom. The van der Waals surface area contributed by atoms with Crippen LogP contribution in [0.1, 0.15) is 83.1 Å². The van der Waals surface area contributed by atoms with Crippen molar-refractivity contribution in [3.8, 4) is 0 Å². The van der Waals surface area contributed by atoms with E-state index in [1.807, 2.05) is 0 Å². The van der Waals surface area contributed by atoms with Gasteiger partial charge in [-0.1, -0.05) is 0 Å². The topological polar surface area (TPSA) is 135 Å². The molecule has 1 aliphatic heterocycles. The standard InChI is InChI=1S/C26H44O10/c1-23(2,3)19(28)32-13-14-16(34-20(29)24(4,5)6)15(27)17(35-21(30)25(7,8)9)18(33-14)36-22(31)26(10,11)12/h14-18,27H,13H2,1-12H3/t14-,15+,16-,17+,18-/m1/s1. The molecule has 10 heteroatoms. The minimum Gasteiger partial charge on any atom is -0.462 e. The van der Waals surface area contributed by atoms with Crippen molar-refractivity contribution in [2.45, 2.75) is 114 Å². The number of carbonyl (C=O) groups excluding carboxylic acids is 4. The van der Waals surface area contributed by atoms with Crippen molar-refractivity contribution in [1.29, 1.82) is 0 Å². The minimum absolute atomic E-state index is 0.404. The zero-order valence-electron chi connectivity index (χ0n) is 23.7. The summed E-state index contributed by atoms with van der Waals surface area (Å²) in [5.41, 5.74) is -3.64. The number of aliphatic hydroxyl groups is 1. The Hall–Kier alpha value is -2.20. The predicted molar refractivity (Wildman–Crippen MR) is 129 cm³/mol. The van der Waals surface area contributed by atoms with Crippen molar-refractivity contribution < 1.29 is 48.0 Å². The van der Waals surface area contributed by atoms with Crippen molar-refractivity contribution in [2.75, 3.05) is 6.61 Å². The van der Waals surface area contributed by atoms with Gasteiger partial charge in [-0.15, -0.1) is 0 Å². The molecular weight excluding hydrogens is 472 g/mol. The molecule has 0 saturated carbocycles. The highest BCUT2D eigenvalue weighted by Gasteiger charge is 2.53. The average Bonchev–Trinajstić information content (AvgIpc) is 2.67. The molecule has 1 N–H and O–H groups in total. The van der Waals surface area contributed by atoms with Crippen molar-refractivity contribution in [3.05, 3.63) is 0 Å². The van der Waals surface area contributed by atoms with Crippen LogP contribution in [0.2, 0.25) is 0 Å². The van der Waals surface area contributed by atoms with Crippen LogP contribution in [-0.2, 0) is 42.9 Å². The maximum Gasteiger partial charge on any atom is 0.313 e. The van der Waals surface area contributed by atoms with Gasteiger partial charge in [0.25, 0.3) is 0 Å². The van der Waals surface area contributed by atoms with Gasteiger partial charge in [-0.3, -0.25) is 19.2 Å². The van der Waals surface area contributed by atoms with Crippen molar-refractivity contribution in [1.82, 2.24) is 0 Å². The van der Waals surface area contributed by atoms with Crippen LogP contribution in [-0.4, -0.2) is 66.3 Å². The summed E-state index contributed by atoms with van der Waals surface area (Å²) in [6.45, 7) is 19.2. The average molecular weight is 517 g/mol. The zero-order valence-corrected chi connectivity index (χ0v) is 23.7. The molecule has 1 rings (SSSR count). The van der Waals surface area contributed by atoms with E-state index in [0.29, 0.717) is 0 Å². The molecule has 1 heterocycles. The van der Waals surface area contributed by atoms with Gasteiger partial charge >= 0.3 is 23.9 Å². The molecule has 0 aliphatic carbocycles. The monoisotopic (exact) mass is 516 g/mol. The van der Waals surface area contributed by atoms with Gasteiger partial charge in [0.05, 0.1) is 21.7 Å². The smallest absolute Gasteiger partial charge is 0.313 e. The molecule has 0 aromatic rings. The Kier molecular flexibility index (Phi) is 9.77. The third-order valence-electron chi connectivity index (χ3n) is 5.15. The molecule has 1 aliphatic rings. The number of rotatable bonds is 5. The van der Waals surface area contributed by atoms with Crippen molar-refractivity contribution in [2.24, 2.45) is 21.7 Å². The first kappa shape index (κ1) is 31.8. The quantitative estimate of drug-likeness (QED) is 0.429. The fraction of sp³-hybridized carbons (Fsp3) is 0.846. The molecule has 0 aromatic heterocycles. The van der Waals surface area contributed by atoms with Crippen LogP contribution in [0.25, 0.3) is 0 Å². The van der Waals surface area contributed by atoms with Gasteiger partial charge in [0.1, 0.15) is 18.8 Å². The maximum atomic E-state index is 12.7. The zero-order chi connectivity index (χ0) is 28.4. The number of ether oxygens (including phenoxy) is 5. The van der Waals surface area contributed by atoms with Gasteiger partial charge in [-0.05, 0) is 83.1 Å². The van der Waals surface area contributed by atoms with E-state index in [9.17, 15) is 24.3 Å². The molecule has 208 valence electrons. The van der Waals surface area contributed by atoms with E-state index in [1.165, 1.54) is 0 Å². The first-order valence-corrected chi connectivity index (χ1v) is 12.1. The summed E-state index contributed by atoms with van der Waals surface area (Å²) in [6, 6.07) is 0. The van der Waals surface area contributed by atoms with Crippen LogP contribution in [0.4, 0.5) is 0 Å².